The zero-order valence-corrected chi connectivity index (χ0v) is 21.2. The van der Waals surface area contributed by atoms with Crippen molar-refractivity contribution in [1.29, 1.82) is 0 Å². The van der Waals surface area contributed by atoms with E-state index in [0.29, 0.717) is 25.4 Å². The van der Waals surface area contributed by atoms with Crippen LogP contribution in [-0.4, -0.2) is 32.3 Å². The van der Waals surface area contributed by atoms with Crippen molar-refractivity contribution in [2.45, 2.75) is 45.9 Å². The van der Waals surface area contributed by atoms with Gasteiger partial charge in [0.25, 0.3) is 5.56 Å². The lowest BCUT2D eigenvalue weighted by Gasteiger charge is -2.30. The second-order valence-corrected chi connectivity index (χ2v) is 10.2. The maximum atomic E-state index is 12.9. The van der Waals surface area contributed by atoms with Gasteiger partial charge in [-0.1, -0.05) is 36.4 Å². The Hall–Kier alpha value is -4.00. The molecule has 0 aliphatic carbocycles. The lowest BCUT2D eigenvalue weighted by Crippen LogP contribution is -2.40. The predicted molar refractivity (Wildman–Crippen MR) is 140 cm³/mol. The first-order valence-corrected chi connectivity index (χ1v) is 12.2. The van der Waals surface area contributed by atoms with E-state index in [1.54, 1.807) is 15.7 Å². The highest BCUT2D eigenvalue weighted by atomic mass is 16.6. The van der Waals surface area contributed by atoms with Gasteiger partial charge < -0.3 is 18.9 Å². The van der Waals surface area contributed by atoms with E-state index in [9.17, 15) is 9.59 Å². The van der Waals surface area contributed by atoms with Gasteiger partial charge in [-0.05, 0) is 44.5 Å². The van der Waals surface area contributed by atoms with Crippen LogP contribution in [0, 0.1) is 0 Å². The van der Waals surface area contributed by atoms with E-state index in [-0.39, 0.29) is 11.7 Å². The van der Waals surface area contributed by atoms with Gasteiger partial charge in [-0.2, -0.15) is 0 Å². The van der Waals surface area contributed by atoms with Gasteiger partial charge >= 0.3 is 6.09 Å². The minimum atomic E-state index is -0.527. The van der Waals surface area contributed by atoms with Crippen molar-refractivity contribution in [2.24, 2.45) is 7.05 Å². The molecule has 1 amide bonds. The van der Waals surface area contributed by atoms with Gasteiger partial charge in [0.15, 0.2) is 0 Å². The molecule has 186 valence electrons. The lowest BCUT2D eigenvalue weighted by atomic mass is 10.0. The Bertz CT molecular complexity index is 1480. The van der Waals surface area contributed by atoms with Gasteiger partial charge in [0.05, 0.1) is 17.7 Å². The molecule has 0 unspecified atom stereocenters. The molecule has 0 saturated carbocycles. The molecule has 7 nitrogen and oxygen atoms in total. The highest BCUT2D eigenvalue weighted by molar-refractivity contribution is 5.88. The molecule has 1 aliphatic heterocycles. The lowest BCUT2D eigenvalue weighted by molar-refractivity contribution is 0.0223. The van der Waals surface area contributed by atoms with Crippen LogP contribution in [0.3, 0.4) is 0 Å². The van der Waals surface area contributed by atoms with Crippen LogP contribution < -0.4 is 10.3 Å². The topological polar surface area (TPSA) is 65.7 Å². The van der Waals surface area contributed by atoms with Crippen LogP contribution in [-0.2, 0) is 31.4 Å². The molecule has 0 saturated heterocycles. The monoisotopic (exact) mass is 485 g/mol. The molecular weight excluding hydrogens is 454 g/mol. The Kier molecular flexibility index (Phi) is 6.08. The fraction of sp³-hybridized carbons (Fsp3) is 0.310. The summed E-state index contributed by atoms with van der Waals surface area (Å²) in [4.78, 5) is 27.3. The van der Waals surface area contributed by atoms with Gasteiger partial charge in [0.2, 0.25) is 0 Å². The third kappa shape index (κ3) is 4.73. The quantitative estimate of drug-likeness (QED) is 0.399. The van der Waals surface area contributed by atoms with Crippen molar-refractivity contribution in [3.63, 3.8) is 0 Å². The SMILES string of the molecule is Cn1c2c(c3ccc(-n4ccc(OCc5ccccc5)cc4=O)cc31)CN(C(=O)OC(C)(C)C)CC2. The van der Waals surface area contributed by atoms with Crippen LogP contribution in [0.25, 0.3) is 16.6 Å². The molecule has 3 heterocycles. The van der Waals surface area contributed by atoms with Gasteiger partial charge in [0, 0.05) is 48.9 Å². The van der Waals surface area contributed by atoms with Crippen LogP contribution >= 0.6 is 0 Å². The fourth-order valence-corrected chi connectivity index (χ4v) is 4.70. The van der Waals surface area contributed by atoms with Crippen molar-refractivity contribution in [1.82, 2.24) is 14.0 Å². The molecule has 0 bridgehead atoms. The van der Waals surface area contributed by atoms with E-state index in [2.05, 4.69) is 4.57 Å². The molecule has 0 fully saturated rings. The summed E-state index contributed by atoms with van der Waals surface area (Å²) in [5.41, 5.74) is 4.51. The minimum absolute atomic E-state index is 0.157. The van der Waals surface area contributed by atoms with Gasteiger partial charge in [-0.25, -0.2) is 4.79 Å². The molecular formula is C29H31N3O4. The number of hydrogen-bond donors (Lipinski definition) is 0. The molecule has 2 aromatic heterocycles. The van der Waals surface area contributed by atoms with Gasteiger partial charge in [0.1, 0.15) is 18.0 Å². The number of amides is 1. The van der Waals surface area contributed by atoms with Gasteiger partial charge in [-0.15, -0.1) is 0 Å². The van der Waals surface area contributed by atoms with Crippen LogP contribution in [0.4, 0.5) is 4.79 Å². The first-order valence-electron chi connectivity index (χ1n) is 12.2. The third-order valence-electron chi connectivity index (χ3n) is 6.46. The summed E-state index contributed by atoms with van der Waals surface area (Å²) in [5, 5.41) is 1.08. The van der Waals surface area contributed by atoms with Crippen LogP contribution in [0.15, 0.2) is 71.7 Å². The highest BCUT2D eigenvalue weighted by Gasteiger charge is 2.29. The molecule has 1 aliphatic rings. The van der Waals surface area contributed by atoms with Crippen molar-refractivity contribution < 1.29 is 14.3 Å². The molecule has 0 N–H and O–H groups in total. The number of carbonyl (C=O) groups excluding carboxylic acids is 1. The summed E-state index contributed by atoms with van der Waals surface area (Å²) >= 11 is 0. The van der Waals surface area contributed by atoms with E-state index >= 15 is 0 Å². The Morgan fingerprint density at radius 1 is 1.03 bits per heavy atom. The van der Waals surface area contributed by atoms with E-state index < -0.39 is 5.60 Å². The average molecular weight is 486 g/mol. The van der Waals surface area contributed by atoms with Crippen LogP contribution in [0.5, 0.6) is 5.75 Å². The second-order valence-electron chi connectivity index (χ2n) is 10.2. The maximum absolute atomic E-state index is 12.9. The first kappa shape index (κ1) is 23.7. The number of rotatable bonds is 4. The van der Waals surface area contributed by atoms with Crippen LogP contribution in [0.2, 0.25) is 0 Å². The molecule has 4 aromatic rings. The first-order chi connectivity index (χ1) is 17.2. The largest absolute Gasteiger partial charge is 0.489 e. The third-order valence-corrected chi connectivity index (χ3v) is 6.46. The smallest absolute Gasteiger partial charge is 0.410 e. The Balaban J connectivity index is 1.39. The highest BCUT2D eigenvalue weighted by Crippen LogP contribution is 2.32. The average Bonchev–Trinajstić information content (AvgIpc) is 3.13. The number of hydrogen-bond acceptors (Lipinski definition) is 4. The van der Waals surface area contributed by atoms with Gasteiger partial charge in [-0.3, -0.25) is 9.36 Å². The summed E-state index contributed by atoms with van der Waals surface area (Å²) in [7, 11) is 2.04. The molecule has 36 heavy (non-hydrogen) atoms. The number of aromatic nitrogens is 2. The van der Waals surface area contributed by atoms with E-state index in [4.69, 9.17) is 9.47 Å². The zero-order valence-electron chi connectivity index (χ0n) is 21.2. The molecule has 0 spiro atoms. The fourth-order valence-electron chi connectivity index (χ4n) is 4.70. The molecule has 0 atom stereocenters. The number of carbonyl (C=O) groups is 1. The number of ether oxygens (including phenoxy) is 2. The summed E-state index contributed by atoms with van der Waals surface area (Å²) < 4.78 is 15.2. The van der Waals surface area contributed by atoms with E-state index in [1.165, 1.54) is 11.8 Å². The van der Waals surface area contributed by atoms with Crippen molar-refractivity contribution in [3.05, 3.63) is 94.0 Å². The molecule has 0 radical (unpaired) electrons. The minimum Gasteiger partial charge on any atom is -0.489 e. The maximum Gasteiger partial charge on any atom is 0.410 e. The Labute approximate surface area is 210 Å². The van der Waals surface area contributed by atoms with Crippen molar-refractivity contribution in [2.75, 3.05) is 6.54 Å². The number of nitrogens with zero attached hydrogens (tertiary/aromatic N) is 3. The summed E-state index contributed by atoms with van der Waals surface area (Å²) in [6, 6.07) is 19.2. The summed E-state index contributed by atoms with van der Waals surface area (Å²) in [6.07, 6.45) is 2.21. The predicted octanol–water partition coefficient (Wildman–Crippen LogP) is 5.20. The number of pyridine rings is 1. The molecule has 7 heteroatoms. The van der Waals surface area contributed by atoms with E-state index in [1.807, 2.05) is 82.4 Å². The van der Waals surface area contributed by atoms with E-state index in [0.717, 1.165) is 34.1 Å². The van der Waals surface area contributed by atoms with Crippen LogP contribution in [0.1, 0.15) is 37.6 Å². The molecule has 2 aromatic carbocycles. The summed E-state index contributed by atoms with van der Waals surface area (Å²) in [6.45, 7) is 7.17. The second kappa shape index (κ2) is 9.22. The number of aryl methyl sites for hydroxylation is 1. The summed E-state index contributed by atoms with van der Waals surface area (Å²) in [5.74, 6) is 0.540. The Morgan fingerprint density at radius 2 is 1.81 bits per heavy atom. The van der Waals surface area contributed by atoms with Crippen molar-refractivity contribution >= 4 is 17.0 Å². The Morgan fingerprint density at radius 3 is 2.53 bits per heavy atom. The number of benzene rings is 2. The number of fused-ring (bicyclic) bond motifs is 3. The zero-order chi connectivity index (χ0) is 25.4. The standard InChI is InChI=1S/C29H31N3O4/c1-29(2,3)36-28(34)31-14-13-25-24(18-31)23-11-10-21(16-26(23)30(25)4)32-15-12-22(17-27(32)33)35-19-20-8-6-5-7-9-20/h5-12,15-17H,13-14,18-19H2,1-4H3. The molecule has 5 rings (SSSR count). The normalized spacial score (nSPS) is 13.5. The van der Waals surface area contributed by atoms with Crippen molar-refractivity contribution in [3.8, 4) is 11.4 Å².